The molecule has 4 heteroatoms. The highest BCUT2D eigenvalue weighted by atomic mass is 79.9. The van der Waals surface area contributed by atoms with Crippen molar-refractivity contribution in [3.05, 3.63) is 39.6 Å². The third-order valence-electron chi connectivity index (χ3n) is 2.97. The van der Waals surface area contributed by atoms with Crippen LogP contribution in [0.4, 0.5) is 11.6 Å². The number of anilines is 2. The van der Waals surface area contributed by atoms with Gasteiger partial charge in [0, 0.05) is 22.9 Å². The van der Waals surface area contributed by atoms with Crippen molar-refractivity contribution in [1.29, 1.82) is 0 Å². The number of aromatic nitrogens is 2. The van der Waals surface area contributed by atoms with Crippen molar-refractivity contribution in [1.82, 2.24) is 9.55 Å². The molecule has 0 aliphatic carbocycles. The average Bonchev–Trinajstić information content (AvgIpc) is 2.64. The van der Waals surface area contributed by atoms with Crippen molar-refractivity contribution in [3.8, 4) is 0 Å². The second-order valence-corrected chi connectivity index (χ2v) is 5.45. The first kappa shape index (κ1) is 13.1. The fourth-order valence-electron chi connectivity index (χ4n) is 2.11. The number of imidazole rings is 1. The van der Waals surface area contributed by atoms with Gasteiger partial charge in [0.05, 0.1) is 5.69 Å². The molecule has 2 rings (SSSR count). The van der Waals surface area contributed by atoms with Gasteiger partial charge in [-0.2, -0.15) is 0 Å². The molecule has 1 N–H and O–H groups in total. The molecule has 0 aliphatic heterocycles. The van der Waals surface area contributed by atoms with Crippen LogP contribution in [0.25, 0.3) is 0 Å². The summed E-state index contributed by atoms with van der Waals surface area (Å²) in [6, 6.07) is 4.23. The molecular formula is C14H18BrN3. The number of hydrogen-bond acceptors (Lipinski definition) is 2. The zero-order valence-corrected chi connectivity index (χ0v) is 12.8. The van der Waals surface area contributed by atoms with E-state index in [1.807, 2.05) is 6.92 Å². The third-order valence-corrected chi connectivity index (χ3v) is 3.43. The second kappa shape index (κ2) is 5.14. The third kappa shape index (κ3) is 2.58. The Morgan fingerprint density at radius 1 is 1.22 bits per heavy atom. The lowest BCUT2D eigenvalue weighted by Crippen LogP contribution is -2.04. The normalized spacial score (nSPS) is 10.7. The average molecular weight is 308 g/mol. The first-order valence-electron chi connectivity index (χ1n) is 6.08. The predicted molar refractivity (Wildman–Crippen MR) is 79.5 cm³/mol. The number of halogens is 1. The van der Waals surface area contributed by atoms with Gasteiger partial charge in [0.25, 0.3) is 0 Å². The first-order chi connectivity index (χ1) is 8.51. The molecule has 1 aromatic heterocycles. The summed E-state index contributed by atoms with van der Waals surface area (Å²) in [6.45, 7) is 9.25. The molecule has 0 fully saturated rings. The van der Waals surface area contributed by atoms with E-state index in [0.29, 0.717) is 0 Å². The lowest BCUT2D eigenvalue weighted by molar-refractivity contribution is 0.771. The Morgan fingerprint density at radius 3 is 2.39 bits per heavy atom. The van der Waals surface area contributed by atoms with Crippen LogP contribution in [0.2, 0.25) is 0 Å². The van der Waals surface area contributed by atoms with Crippen LogP contribution in [0, 0.1) is 20.8 Å². The van der Waals surface area contributed by atoms with Crippen molar-refractivity contribution < 1.29 is 0 Å². The van der Waals surface area contributed by atoms with Crippen molar-refractivity contribution in [2.24, 2.45) is 0 Å². The molecular weight excluding hydrogens is 290 g/mol. The van der Waals surface area contributed by atoms with Crippen LogP contribution in [-0.4, -0.2) is 9.55 Å². The highest BCUT2D eigenvalue weighted by molar-refractivity contribution is 9.10. The Kier molecular flexibility index (Phi) is 3.76. The summed E-state index contributed by atoms with van der Waals surface area (Å²) < 4.78 is 3.23. The molecule has 18 heavy (non-hydrogen) atoms. The summed E-state index contributed by atoms with van der Waals surface area (Å²) in [4.78, 5) is 4.52. The highest BCUT2D eigenvalue weighted by Crippen LogP contribution is 2.27. The van der Waals surface area contributed by atoms with E-state index in [-0.39, 0.29) is 0 Å². The molecule has 0 unspecified atom stereocenters. The number of nitrogens with one attached hydrogen (secondary N) is 1. The van der Waals surface area contributed by atoms with Crippen molar-refractivity contribution in [2.75, 3.05) is 5.32 Å². The molecule has 3 nitrogen and oxygen atoms in total. The summed E-state index contributed by atoms with van der Waals surface area (Å²) in [7, 11) is 0. The van der Waals surface area contributed by atoms with Gasteiger partial charge in [-0.25, -0.2) is 4.98 Å². The standard InChI is InChI=1S/C14H18BrN3/c1-5-18-8-11(4)16-14(18)17-13-9(2)6-12(15)7-10(13)3/h6-8H,5H2,1-4H3,(H,16,17). The fourth-order valence-corrected chi connectivity index (χ4v) is 2.79. The highest BCUT2D eigenvalue weighted by Gasteiger charge is 2.09. The molecule has 0 bridgehead atoms. The maximum Gasteiger partial charge on any atom is 0.207 e. The summed E-state index contributed by atoms with van der Waals surface area (Å²) in [5, 5.41) is 3.44. The van der Waals surface area contributed by atoms with E-state index >= 15 is 0 Å². The van der Waals surface area contributed by atoms with Gasteiger partial charge in [-0.1, -0.05) is 15.9 Å². The fraction of sp³-hybridized carbons (Fsp3) is 0.357. The maximum absolute atomic E-state index is 4.52. The number of nitrogens with zero attached hydrogens (tertiary/aromatic N) is 2. The van der Waals surface area contributed by atoms with Gasteiger partial charge in [0.2, 0.25) is 5.95 Å². The van der Waals surface area contributed by atoms with Gasteiger partial charge in [-0.15, -0.1) is 0 Å². The van der Waals surface area contributed by atoms with Crippen molar-refractivity contribution in [3.63, 3.8) is 0 Å². The summed E-state index contributed by atoms with van der Waals surface area (Å²) in [6.07, 6.45) is 2.06. The van der Waals surface area contributed by atoms with E-state index < -0.39 is 0 Å². The number of rotatable bonds is 3. The predicted octanol–water partition coefficient (Wildman–Crippen LogP) is 4.33. The van der Waals surface area contributed by atoms with Crippen LogP contribution < -0.4 is 5.32 Å². The zero-order valence-electron chi connectivity index (χ0n) is 11.2. The second-order valence-electron chi connectivity index (χ2n) is 4.53. The maximum atomic E-state index is 4.52. The number of aryl methyl sites for hydroxylation is 4. The molecule has 0 saturated carbocycles. The van der Waals surface area contributed by atoms with Crippen LogP contribution in [0.15, 0.2) is 22.8 Å². The van der Waals surface area contributed by atoms with Gasteiger partial charge >= 0.3 is 0 Å². The smallest absolute Gasteiger partial charge is 0.207 e. The zero-order chi connectivity index (χ0) is 13.3. The lowest BCUT2D eigenvalue weighted by atomic mass is 10.1. The number of hydrogen-bond donors (Lipinski definition) is 1. The quantitative estimate of drug-likeness (QED) is 0.914. The van der Waals surface area contributed by atoms with Gasteiger partial charge in [0.1, 0.15) is 0 Å². The largest absolute Gasteiger partial charge is 0.325 e. The lowest BCUT2D eigenvalue weighted by Gasteiger charge is -2.13. The van der Waals surface area contributed by atoms with E-state index in [4.69, 9.17) is 0 Å². The monoisotopic (exact) mass is 307 g/mol. The minimum absolute atomic E-state index is 0.906. The van der Waals surface area contributed by atoms with Crippen LogP contribution in [0.3, 0.4) is 0 Å². The van der Waals surface area contributed by atoms with Crippen molar-refractivity contribution >= 4 is 27.6 Å². The topological polar surface area (TPSA) is 29.9 Å². The van der Waals surface area contributed by atoms with E-state index in [1.54, 1.807) is 0 Å². The van der Waals surface area contributed by atoms with E-state index in [2.05, 4.69) is 69.9 Å². The Labute approximate surface area is 116 Å². The minimum atomic E-state index is 0.906. The van der Waals surface area contributed by atoms with Crippen molar-refractivity contribution in [2.45, 2.75) is 34.2 Å². The van der Waals surface area contributed by atoms with E-state index in [1.165, 1.54) is 11.1 Å². The summed E-state index contributed by atoms with van der Waals surface area (Å²) in [5.74, 6) is 0.906. The molecule has 2 aromatic rings. The Balaban J connectivity index is 2.39. The molecule has 0 saturated heterocycles. The van der Waals surface area contributed by atoms with Crippen LogP contribution in [-0.2, 0) is 6.54 Å². The molecule has 96 valence electrons. The SMILES string of the molecule is CCn1cc(C)nc1Nc1c(C)cc(Br)cc1C. The van der Waals surface area contributed by atoms with Gasteiger partial charge in [-0.05, 0) is 51.0 Å². The van der Waals surface area contributed by atoms with Gasteiger partial charge in [0.15, 0.2) is 0 Å². The summed E-state index contributed by atoms with van der Waals surface area (Å²) >= 11 is 3.52. The molecule has 1 aromatic carbocycles. The van der Waals surface area contributed by atoms with E-state index in [0.717, 1.165) is 28.3 Å². The molecule has 0 spiro atoms. The van der Waals surface area contributed by atoms with Gasteiger partial charge < -0.3 is 9.88 Å². The Morgan fingerprint density at radius 2 is 1.83 bits per heavy atom. The van der Waals surface area contributed by atoms with Crippen LogP contribution in [0.5, 0.6) is 0 Å². The Bertz CT molecular complexity index is 549. The molecule has 0 aliphatic rings. The molecule has 1 heterocycles. The van der Waals surface area contributed by atoms with Crippen LogP contribution in [0.1, 0.15) is 23.7 Å². The van der Waals surface area contributed by atoms with E-state index in [9.17, 15) is 0 Å². The van der Waals surface area contributed by atoms with Crippen LogP contribution >= 0.6 is 15.9 Å². The first-order valence-corrected chi connectivity index (χ1v) is 6.88. The molecule has 0 amide bonds. The number of benzene rings is 1. The van der Waals surface area contributed by atoms with Gasteiger partial charge in [-0.3, -0.25) is 0 Å². The minimum Gasteiger partial charge on any atom is -0.325 e. The Hall–Kier alpha value is -1.29. The molecule has 0 radical (unpaired) electrons. The summed E-state index contributed by atoms with van der Waals surface area (Å²) in [5.41, 5.74) is 4.60. The molecule has 0 atom stereocenters.